The van der Waals surface area contributed by atoms with Crippen LogP contribution in [0.3, 0.4) is 0 Å². The normalized spacial score (nSPS) is 17.2. The summed E-state index contributed by atoms with van der Waals surface area (Å²) in [7, 11) is 0. The fraction of sp³-hybridized carbons (Fsp3) is 0.529. The molecule has 0 amide bonds. The van der Waals surface area contributed by atoms with Crippen LogP contribution in [0.4, 0.5) is 5.69 Å². The lowest BCUT2D eigenvalue weighted by molar-refractivity contribution is -0.386. The van der Waals surface area contributed by atoms with Crippen LogP contribution in [0.15, 0.2) is 12.4 Å². The second-order valence-electron chi connectivity index (χ2n) is 6.85. The molecule has 1 atom stereocenters. The largest absolute Gasteiger partial charge is 0.472 e. The number of nitrogens with zero attached hydrogens (tertiary/aromatic N) is 7. The fourth-order valence-corrected chi connectivity index (χ4v) is 3.73. The predicted octanol–water partition coefficient (Wildman–Crippen LogP) is 3.45. The van der Waals surface area contributed by atoms with Crippen molar-refractivity contribution in [2.24, 2.45) is 0 Å². The minimum atomic E-state index is -0.480. The molecule has 0 spiro atoms. The lowest BCUT2D eigenvalue weighted by atomic mass is 10.1. The van der Waals surface area contributed by atoms with Gasteiger partial charge in [0.1, 0.15) is 6.20 Å². The molecular formula is C17H19Cl2N7O4. The van der Waals surface area contributed by atoms with E-state index < -0.39 is 4.92 Å². The van der Waals surface area contributed by atoms with Gasteiger partial charge in [-0.05, 0) is 30.9 Å². The van der Waals surface area contributed by atoms with Crippen molar-refractivity contribution in [2.45, 2.75) is 38.3 Å². The number of aromatic nitrogens is 6. The maximum absolute atomic E-state index is 11.4. The average Bonchev–Trinajstić information content (AvgIpc) is 3.15. The van der Waals surface area contributed by atoms with Crippen LogP contribution >= 0.6 is 23.2 Å². The third kappa shape index (κ3) is 4.47. The average molecular weight is 456 g/mol. The Labute approximate surface area is 181 Å². The van der Waals surface area contributed by atoms with Crippen molar-refractivity contribution in [1.29, 1.82) is 0 Å². The topological polar surface area (TPSA) is 123 Å². The van der Waals surface area contributed by atoms with Crippen molar-refractivity contribution in [3.63, 3.8) is 0 Å². The summed E-state index contributed by atoms with van der Waals surface area (Å²) in [5.74, 6) is 0.0129. The minimum Gasteiger partial charge on any atom is -0.472 e. The molecule has 4 heterocycles. The Morgan fingerprint density at radius 1 is 1.30 bits per heavy atom. The zero-order valence-electron chi connectivity index (χ0n) is 15.9. The molecule has 1 fully saturated rings. The quantitative estimate of drug-likeness (QED) is 0.229. The molecule has 0 N–H and O–H groups in total. The molecular weight excluding hydrogens is 437 g/mol. The molecule has 11 nitrogen and oxygen atoms in total. The van der Waals surface area contributed by atoms with E-state index >= 15 is 0 Å². The first-order valence-electron chi connectivity index (χ1n) is 9.51. The lowest BCUT2D eigenvalue weighted by Crippen LogP contribution is -2.11. The first kappa shape index (κ1) is 20.8. The summed E-state index contributed by atoms with van der Waals surface area (Å²) in [6, 6.07) is 0.0607. The predicted molar refractivity (Wildman–Crippen MR) is 108 cm³/mol. The molecule has 13 heteroatoms. The third-order valence-electron chi connectivity index (χ3n) is 4.84. The van der Waals surface area contributed by atoms with Crippen molar-refractivity contribution in [1.82, 2.24) is 29.5 Å². The van der Waals surface area contributed by atoms with Crippen LogP contribution in [0.1, 0.15) is 31.7 Å². The Morgan fingerprint density at radius 2 is 2.17 bits per heavy atom. The zero-order chi connectivity index (χ0) is 21.1. The van der Waals surface area contributed by atoms with E-state index in [-0.39, 0.29) is 34.7 Å². The molecule has 1 unspecified atom stereocenters. The Hall–Kier alpha value is -2.50. The van der Waals surface area contributed by atoms with Gasteiger partial charge in [-0.1, -0.05) is 11.6 Å². The molecule has 0 aliphatic carbocycles. The van der Waals surface area contributed by atoms with Gasteiger partial charge in [0.15, 0.2) is 10.8 Å². The summed E-state index contributed by atoms with van der Waals surface area (Å²) in [4.78, 5) is 19.0. The summed E-state index contributed by atoms with van der Waals surface area (Å²) in [6.45, 7) is 1.96. The minimum absolute atomic E-state index is 0.0129. The molecule has 0 saturated carbocycles. The van der Waals surface area contributed by atoms with Gasteiger partial charge in [0.2, 0.25) is 5.28 Å². The third-order valence-corrected chi connectivity index (χ3v) is 5.30. The molecule has 0 bridgehead atoms. The Morgan fingerprint density at radius 3 is 3.00 bits per heavy atom. The number of aryl methyl sites for hydroxylation is 1. The van der Waals surface area contributed by atoms with Crippen molar-refractivity contribution < 1.29 is 14.4 Å². The van der Waals surface area contributed by atoms with Crippen molar-refractivity contribution in [3.05, 3.63) is 32.9 Å². The van der Waals surface area contributed by atoms with Crippen LogP contribution in [0.25, 0.3) is 11.0 Å². The van der Waals surface area contributed by atoms with E-state index in [2.05, 4.69) is 20.2 Å². The Balaban J connectivity index is 1.41. The van der Waals surface area contributed by atoms with E-state index in [1.54, 1.807) is 9.36 Å². The first-order chi connectivity index (χ1) is 14.5. The maximum atomic E-state index is 11.4. The fourth-order valence-electron chi connectivity index (χ4n) is 3.37. The summed E-state index contributed by atoms with van der Waals surface area (Å²) < 4.78 is 14.3. The van der Waals surface area contributed by atoms with Crippen molar-refractivity contribution in [2.75, 3.05) is 19.8 Å². The highest BCUT2D eigenvalue weighted by Gasteiger charge is 2.25. The van der Waals surface area contributed by atoms with Gasteiger partial charge in [0, 0.05) is 32.4 Å². The summed E-state index contributed by atoms with van der Waals surface area (Å²) in [5.41, 5.74) is 0.373. The van der Waals surface area contributed by atoms with Crippen LogP contribution in [-0.4, -0.2) is 54.3 Å². The number of ether oxygens (including phenoxy) is 2. The summed E-state index contributed by atoms with van der Waals surface area (Å²) in [6.07, 6.45) is 5.97. The zero-order valence-corrected chi connectivity index (χ0v) is 17.4. The second-order valence-corrected chi connectivity index (χ2v) is 7.54. The number of halogens is 2. The number of hydrogen-bond acceptors (Lipinski definition) is 8. The highest BCUT2D eigenvalue weighted by Crippen LogP contribution is 2.30. The number of rotatable bonds is 7. The SMILES string of the molecule is O=[N+]([O-])c1cn(C2CCCOCC2)nc1OCCCn1nc(Cl)c2cnc(Cl)nc21. The molecule has 0 radical (unpaired) electrons. The summed E-state index contributed by atoms with van der Waals surface area (Å²) >= 11 is 12.0. The number of nitro groups is 1. The lowest BCUT2D eigenvalue weighted by Gasteiger charge is -2.12. The second kappa shape index (κ2) is 9.11. The molecule has 0 aromatic carbocycles. The van der Waals surface area contributed by atoms with E-state index in [0.717, 1.165) is 19.3 Å². The first-order valence-corrected chi connectivity index (χ1v) is 10.3. The molecule has 4 rings (SSSR count). The smallest absolute Gasteiger partial charge is 0.350 e. The van der Waals surface area contributed by atoms with E-state index in [4.69, 9.17) is 32.7 Å². The van der Waals surface area contributed by atoms with Gasteiger partial charge >= 0.3 is 11.6 Å². The van der Waals surface area contributed by atoms with Crippen molar-refractivity contribution >= 4 is 39.9 Å². The molecule has 1 aliphatic heterocycles. The monoisotopic (exact) mass is 455 g/mol. The molecule has 3 aromatic heterocycles. The van der Waals surface area contributed by atoms with Gasteiger partial charge in [0.05, 0.1) is 23.0 Å². The van der Waals surface area contributed by atoms with E-state index in [9.17, 15) is 10.1 Å². The van der Waals surface area contributed by atoms with E-state index in [1.807, 2.05) is 0 Å². The van der Waals surface area contributed by atoms with Crippen molar-refractivity contribution in [3.8, 4) is 5.88 Å². The number of fused-ring (bicyclic) bond motifs is 1. The molecule has 1 aliphatic rings. The van der Waals surface area contributed by atoms with Crippen LogP contribution in [-0.2, 0) is 11.3 Å². The molecule has 160 valence electrons. The van der Waals surface area contributed by atoms with Crippen LogP contribution < -0.4 is 4.74 Å². The van der Waals surface area contributed by atoms with Crippen LogP contribution in [0.5, 0.6) is 5.88 Å². The van der Waals surface area contributed by atoms with Gasteiger partial charge in [-0.25, -0.2) is 9.67 Å². The molecule has 3 aromatic rings. The maximum Gasteiger partial charge on any atom is 0.350 e. The highest BCUT2D eigenvalue weighted by molar-refractivity contribution is 6.34. The Bertz CT molecular complexity index is 1050. The Kier molecular flexibility index (Phi) is 6.30. The standard InChI is InChI=1S/C17H19Cl2N7O4/c18-14-12-9-20-17(19)21-15(12)24(22-14)5-2-7-30-16-13(26(27)28)10-25(23-16)11-3-1-6-29-8-4-11/h9-11H,1-8H2. The van der Waals surface area contributed by atoms with E-state index in [1.165, 1.54) is 12.4 Å². The molecule has 1 saturated heterocycles. The molecule has 30 heavy (non-hydrogen) atoms. The van der Waals surface area contributed by atoms with Crippen LogP contribution in [0, 0.1) is 10.1 Å². The summed E-state index contributed by atoms with van der Waals surface area (Å²) in [5, 5.41) is 20.9. The van der Waals surface area contributed by atoms with Gasteiger partial charge in [-0.2, -0.15) is 10.1 Å². The van der Waals surface area contributed by atoms with Gasteiger partial charge in [-0.3, -0.25) is 14.8 Å². The van der Waals surface area contributed by atoms with Gasteiger partial charge in [-0.15, -0.1) is 5.10 Å². The van der Waals surface area contributed by atoms with Gasteiger partial charge < -0.3 is 9.47 Å². The van der Waals surface area contributed by atoms with Crippen LogP contribution in [0.2, 0.25) is 10.4 Å². The van der Waals surface area contributed by atoms with E-state index in [0.29, 0.717) is 37.2 Å². The highest BCUT2D eigenvalue weighted by atomic mass is 35.5. The number of hydrogen-bond donors (Lipinski definition) is 0. The van der Waals surface area contributed by atoms with Gasteiger partial charge in [0.25, 0.3) is 0 Å².